The molecule has 0 spiro atoms. The molecule has 6 nitrogen and oxygen atoms in total. The quantitative estimate of drug-likeness (QED) is 0.557. The van der Waals surface area contributed by atoms with Crippen LogP contribution in [0, 0.1) is 0 Å². The predicted molar refractivity (Wildman–Crippen MR) is 84.5 cm³/mol. The van der Waals surface area contributed by atoms with Crippen molar-refractivity contribution in [1.82, 2.24) is 4.98 Å². The molecule has 0 fully saturated rings. The SMILES string of the molecule is CCOc1ccc(/C=N\Nc2nc3ccccc3o2)cc1O. The second-order valence-corrected chi connectivity index (χ2v) is 4.52. The average molecular weight is 297 g/mol. The van der Waals surface area contributed by atoms with Gasteiger partial charge >= 0.3 is 6.01 Å². The van der Waals surface area contributed by atoms with Gasteiger partial charge in [0.15, 0.2) is 17.1 Å². The van der Waals surface area contributed by atoms with E-state index < -0.39 is 0 Å². The van der Waals surface area contributed by atoms with Crippen LogP contribution in [-0.4, -0.2) is 22.9 Å². The van der Waals surface area contributed by atoms with Gasteiger partial charge in [0.05, 0.1) is 12.8 Å². The Morgan fingerprint density at radius 1 is 1.32 bits per heavy atom. The summed E-state index contributed by atoms with van der Waals surface area (Å²) in [5.74, 6) is 0.527. The fourth-order valence-electron chi connectivity index (χ4n) is 1.97. The number of nitrogens with zero attached hydrogens (tertiary/aromatic N) is 2. The Morgan fingerprint density at radius 3 is 2.95 bits per heavy atom. The van der Waals surface area contributed by atoms with Gasteiger partial charge in [-0.25, -0.2) is 5.43 Å². The monoisotopic (exact) mass is 297 g/mol. The second kappa shape index (κ2) is 6.17. The number of aromatic hydroxyl groups is 1. The molecule has 112 valence electrons. The molecule has 3 aromatic rings. The molecular formula is C16H15N3O3. The number of phenolic OH excluding ortho intramolecular Hbond substituents is 1. The number of hydrogen-bond donors (Lipinski definition) is 2. The highest BCUT2D eigenvalue weighted by Crippen LogP contribution is 2.26. The number of nitrogens with one attached hydrogen (secondary N) is 1. The molecule has 3 rings (SSSR count). The van der Waals surface area contributed by atoms with Crippen LogP contribution in [0.4, 0.5) is 6.01 Å². The zero-order valence-electron chi connectivity index (χ0n) is 12.0. The molecule has 0 aliphatic heterocycles. The van der Waals surface area contributed by atoms with Crippen LogP contribution in [0.15, 0.2) is 52.0 Å². The maximum absolute atomic E-state index is 9.80. The summed E-state index contributed by atoms with van der Waals surface area (Å²) in [5.41, 5.74) is 4.90. The minimum absolute atomic E-state index is 0.0765. The molecule has 0 bridgehead atoms. The van der Waals surface area contributed by atoms with Crippen molar-refractivity contribution in [3.05, 3.63) is 48.0 Å². The van der Waals surface area contributed by atoms with Crippen LogP contribution >= 0.6 is 0 Å². The van der Waals surface area contributed by atoms with Crippen LogP contribution in [0.5, 0.6) is 11.5 Å². The first-order chi connectivity index (χ1) is 10.8. The second-order valence-electron chi connectivity index (χ2n) is 4.52. The van der Waals surface area contributed by atoms with Crippen LogP contribution in [0.3, 0.4) is 0 Å². The number of oxazole rings is 1. The van der Waals surface area contributed by atoms with E-state index in [2.05, 4.69) is 15.5 Å². The Kier molecular flexibility index (Phi) is 3.91. The van der Waals surface area contributed by atoms with E-state index in [0.717, 1.165) is 11.1 Å². The number of phenols is 1. The van der Waals surface area contributed by atoms with E-state index in [1.807, 2.05) is 31.2 Å². The largest absolute Gasteiger partial charge is 0.504 e. The van der Waals surface area contributed by atoms with Gasteiger partial charge in [0.25, 0.3) is 0 Å². The van der Waals surface area contributed by atoms with Crippen LogP contribution in [0.2, 0.25) is 0 Å². The highest BCUT2D eigenvalue weighted by Gasteiger charge is 2.04. The van der Waals surface area contributed by atoms with E-state index in [1.54, 1.807) is 24.4 Å². The predicted octanol–water partition coefficient (Wildman–Crippen LogP) is 3.38. The summed E-state index contributed by atoms with van der Waals surface area (Å²) in [7, 11) is 0. The summed E-state index contributed by atoms with van der Waals surface area (Å²) in [6.07, 6.45) is 1.56. The molecule has 1 heterocycles. The van der Waals surface area contributed by atoms with Crippen molar-refractivity contribution in [3.8, 4) is 11.5 Å². The Morgan fingerprint density at radius 2 is 2.18 bits per heavy atom. The number of para-hydroxylation sites is 2. The molecule has 22 heavy (non-hydrogen) atoms. The van der Waals surface area contributed by atoms with Gasteiger partial charge in [-0.1, -0.05) is 12.1 Å². The number of ether oxygens (including phenoxy) is 1. The molecule has 0 saturated carbocycles. The van der Waals surface area contributed by atoms with Crippen molar-refractivity contribution < 1.29 is 14.3 Å². The Balaban J connectivity index is 1.70. The number of rotatable bonds is 5. The average Bonchev–Trinajstić information content (AvgIpc) is 2.93. The summed E-state index contributed by atoms with van der Waals surface area (Å²) in [6, 6.07) is 12.8. The minimum Gasteiger partial charge on any atom is -0.504 e. The molecule has 2 N–H and O–H groups in total. The molecule has 2 aromatic carbocycles. The van der Waals surface area contributed by atoms with Crippen LogP contribution in [0.1, 0.15) is 12.5 Å². The van der Waals surface area contributed by atoms with Gasteiger partial charge in [-0.05, 0) is 42.8 Å². The number of benzene rings is 2. The Labute approximate surface area is 127 Å². The first-order valence-electron chi connectivity index (χ1n) is 6.86. The van der Waals surface area contributed by atoms with Crippen LogP contribution in [-0.2, 0) is 0 Å². The Bertz CT molecular complexity index is 778. The minimum atomic E-state index is 0.0765. The lowest BCUT2D eigenvalue weighted by Gasteiger charge is -2.05. The molecule has 0 unspecified atom stereocenters. The van der Waals surface area contributed by atoms with Gasteiger partial charge in [0, 0.05) is 0 Å². The zero-order valence-corrected chi connectivity index (χ0v) is 12.0. The molecule has 1 aromatic heterocycles. The van der Waals surface area contributed by atoms with E-state index in [4.69, 9.17) is 9.15 Å². The van der Waals surface area contributed by atoms with Crippen molar-refractivity contribution in [1.29, 1.82) is 0 Å². The van der Waals surface area contributed by atoms with Crippen molar-refractivity contribution >= 4 is 23.3 Å². The zero-order chi connectivity index (χ0) is 15.4. The van der Waals surface area contributed by atoms with Gasteiger partial charge in [0.2, 0.25) is 0 Å². The summed E-state index contributed by atoms with van der Waals surface area (Å²) < 4.78 is 10.7. The first kappa shape index (κ1) is 13.9. The van der Waals surface area contributed by atoms with E-state index in [-0.39, 0.29) is 5.75 Å². The lowest BCUT2D eigenvalue weighted by Crippen LogP contribution is -1.93. The summed E-state index contributed by atoms with van der Waals surface area (Å²) >= 11 is 0. The highest BCUT2D eigenvalue weighted by atomic mass is 16.5. The lowest BCUT2D eigenvalue weighted by molar-refractivity contribution is 0.318. The van der Waals surface area contributed by atoms with Gasteiger partial charge in [-0.15, -0.1) is 0 Å². The molecule has 0 amide bonds. The number of hydrazone groups is 1. The van der Waals surface area contributed by atoms with Crippen molar-refractivity contribution in [2.45, 2.75) is 6.92 Å². The number of hydrogen-bond acceptors (Lipinski definition) is 6. The van der Waals surface area contributed by atoms with Crippen LogP contribution in [0.25, 0.3) is 11.1 Å². The van der Waals surface area contributed by atoms with Gasteiger partial charge < -0.3 is 14.3 Å². The van der Waals surface area contributed by atoms with E-state index in [9.17, 15) is 5.11 Å². The van der Waals surface area contributed by atoms with Crippen molar-refractivity contribution in [2.75, 3.05) is 12.0 Å². The maximum Gasteiger partial charge on any atom is 0.316 e. The Hall–Kier alpha value is -3.02. The van der Waals surface area contributed by atoms with Gasteiger partial charge in [0.1, 0.15) is 5.52 Å². The van der Waals surface area contributed by atoms with Crippen molar-refractivity contribution in [3.63, 3.8) is 0 Å². The summed E-state index contributed by atoms with van der Waals surface area (Å²) in [4.78, 5) is 4.24. The van der Waals surface area contributed by atoms with Gasteiger partial charge in [-0.3, -0.25) is 0 Å². The normalized spacial score (nSPS) is 11.1. The lowest BCUT2D eigenvalue weighted by atomic mass is 10.2. The third-order valence-corrected chi connectivity index (χ3v) is 2.95. The summed E-state index contributed by atoms with van der Waals surface area (Å²) in [6.45, 7) is 2.36. The van der Waals surface area contributed by atoms with Crippen molar-refractivity contribution in [2.24, 2.45) is 5.10 Å². The highest BCUT2D eigenvalue weighted by molar-refractivity contribution is 5.81. The van der Waals surface area contributed by atoms with E-state index >= 15 is 0 Å². The smallest absolute Gasteiger partial charge is 0.316 e. The number of aromatic nitrogens is 1. The molecule has 0 atom stereocenters. The summed E-state index contributed by atoms with van der Waals surface area (Å²) in [5, 5.41) is 13.8. The first-order valence-corrected chi connectivity index (χ1v) is 6.86. The fraction of sp³-hybridized carbons (Fsp3) is 0.125. The third kappa shape index (κ3) is 3.01. The number of fused-ring (bicyclic) bond motifs is 1. The molecule has 0 radical (unpaired) electrons. The standard InChI is InChI=1S/C16H15N3O3/c1-2-21-15-8-7-11(9-13(15)20)10-17-19-16-18-12-5-3-4-6-14(12)22-16/h3-10,20H,2H2,1H3,(H,18,19)/b17-10-. The molecule has 0 saturated heterocycles. The van der Waals surface area contributed by atoms with E-state index in [0.29, 0.717) is 24.0 Å². The topological polar surface area (TPSA) is 79.9 Å². The van der Waals surface area contributed by atoms with E-state index in [1.165, 1.54) is 0 Å². The molecule has 6 heteroatoms. The van der Waals surface area contributed by atoms with Crippen LogP contribution < -0.4 is 10.2 Å². The molecule has 0 aliphatic rings. The van der Waals surface area contributed by atoms with Gasteiger partial charge in [-0.2, -0.15) is 10.1 Å². The third-order valence-electron chi connectivity index (χ3n) is 2.95. The molecule has 0 aliphatic carbocycles. The maximum atomic E-state index is 9.80. The number of anilines is 1. The fourth-order valence-corrected chi connectivity index (χ4v) is 1.97. The molecular weight excluding hydrogens is 282 g/mol.